The molecule has 0 aliphatic rings. The van der Waals surface area contributed by atoms with Gasteiger partial charge in [0.1, 0.15) is 5.65 Å². The van der Waals surface area contributed by atoms with E-state index in [0.717, 1.165) is 39.0 Å². The van der Waals surface area contributed by atoms with Crippen LogP contribution >= 0.6 is 0 Å². The third-order valence-electron chi connectivity index (χ3n) is 4.51. The quantitative estimate of drug-likeness (QED) is 0.521. The minimum absolute atomic E-state index is 0.564. The predicted octanol–water partition coefficient (Wildman–Crippen LogP) is 4.42. The Morgan fingerprint density at radius 3 is 2.78 bits per heavy atom. The third kappa shape index (κ3) is 2.77. The summed E-state index contributed by atoms with van der Waals surface area (Å²) in [7, 11) is 0. The molecule has 0 aliphatic carbocycles. The summed E-state index contributed by atoms with van der Waals surface area (Å²) in [5, 5.41) is 5.33. The number of pyridine rings is 2. The normalized spacial score (nSPS) is 11.1. The smallest absolute Gasteiger partial charge is 0.228 e. The van der Waals surface area contributed by atoms with Gasteiger partial charge in [-0.15, -0.1) is 0 Å². The number of hydrogen-bond donors (Lipinski definition) is 1. The van der Waals surface area contributed by atoms with E-state index in [9.17, 15) is 0 Å². The molecule has 5 aromatic rings. The second-order valence-corrected chi connectivity index (χ2v) is 6.30. The van der Waals surface area contributed by atoms with Crippen LogP contribution in [0.1, 0.15) is 5.69 Å². The Labute approximate surface area is 155 Å². The highest BCUT2D eigenvalue weighted by atomic mass is 15.1. The van der Waals surface area contributed by atoms with E-state index in [0.29, 0.717) is 5.95 Å². The standard InChI is InChI=1S/C21H16N6/c1-14-18-12-17(27-11-8-15-4-2-10-23-20(15)27)6-7-19(18)26-21(24-14)25-16-5-3-9-22-13-16/h2-13H,1H3,(H,24,25,26). The van der Waals surface area contributed by atoms with Gasteiger partial charge in [0, 0.05) is 35.1 Å². The molecule has 0 atom stereocenters. The number of nitrogens with one attached hydrogen (secondary N) is 1. The number of anilines is 2. The first-order chi connectivity index (χ1) is 13.3. The number of benzene rings is 1. The second kappa shape index (κ2) is 6.17. The molecule has 0 unspecified atom stereocenters. The largest absolute Gasteiger partial charge is 0.323 e. The molecule has 0 bridgehead atoms. The van der Waals surface area contributed by atoms with Crippen molar-refractivity contribution in [3.05, 3.63) is 79.0 Å². The van der Waals surface area contributed by atoms with Crippen molar-refractivity contribution < 1.29 is 0 Å². The zero-order valence-corrected chi connectivity index (χ0v) is 14.7. The third-order valence-corrected chi connectivity index (χ3v) is 4.51. The summed E-state index contributed by atoms with van der Waals surface area (Å²) in [4.78, 5) is 17.8. The summed E-state index contributed by atoms with van der Waals surface area (Å²) >= 11 is 0. The number of fused-ring (bicyclic) bond motifs is 2. The van der Waals surface area contributed by atoms with Gasteiger partial charge in [0.05, 0.1) is 23.1 Å². The van der Waals surface area contributed by atoms with Crippen LogP contribution in [0.25, 0.3) is 27.6 Å². The van der Waals surface area contributed by atoms with Gasteiger partial charge < -0.3 is 9.88 Å². The van der Waals surface area contributed by atoms with Crippen molar-refractivity contribution in [3.63, 3.8) is 0 Å². The van der Waals surface area contributed by atoms with Crippen LogP contribution in [0.5, 0.6) is 0 Å². The SMILES string of the molecule is Cc1nc(Nc2cccnc2)nc2ccc(-n3ccc4cccnc43)cc12. The van der Waals surface area contributed by atoms with Crippen molar-refractivity contribution in [1.82, 2.24) is 24.5 Å². The van der Waals surface area contributed by atoms with Crippen LogP contribution in [0.4, 0.5) is 11.6 Å². The van der Waals surface area contributed by atoms with Crippen LogP contribution in [0.3, 0.4) is 0 Å². The van der Waals surface area contributed by atoms with E-state index in [-0.39, 0.29) is 0 Å². The van der Waals surface area contributed by atoms with Gasteiger partial charge in [0.2, 0.25) is 5.95 Å². The van der Waals surface area contributed by atoms with Gasteiger partial charge in [-0.2, -0.15) is 0 Å². The Balaban J connectivity index is 1.58. The Hall–Kier alpha value is -3.80. The van der Waals surface area contributed by atoms with Crippen LogP contribution in [-0.2, 0) is 0 Å². The number of aryl methyl sites for hydroxylation is 1. The molecule has 4 aromatic heterocycles. The van der Waals surface area contributed by atoms with Crippen molar-refractivity contribution in [2.24, 2.45) is 0 Å². The van der Waals surface area contributed by atoms with Crippen molar-refractivity contribution in [1.29, 1.82) is 0 Å². The Kier molecular flexibility index (Phi) is 3.53. The molecule has 0 saturated heterocycles. The molecule has 130 valence electrons. The molecule has 0 amide bonds. The van der Waals surface area contributed by atoms with Crippen molar-refractivity contribution in [2.75, 3.05) is 5.32 Å². The maximum absolute atomic E-state index is 4.64. The molecule has 0 spiro atoms. The van der Waals surface area contributed by atoms with E-state index < -0.39 is 0 Å². The molecule has 4 heterocycles. The topological polar surface area (TPSA) is 68.5 Å². The van der Waals surface area contributed by atoms with E-state index in [2.05, 4.69) is 54.1 Å². The molecular weight excluding hydrogens is 336 g/mol. The lowest BCUT2D eigenvalue weighted by Gasteiger charge is -2.10. The molecule has 1 N–H and O–H groups in total. The number of hydrogen-bond acceptors (Lipinski definition) is 5. The molecule has 27 heavy (non-hydrogen) atoms. The molecule has 0 aliphatic heterocycles. The van der Waals surface area contributed by atoms with Gasteiger partial charge in [-0.1, -0.05) is 0 Å². The Morgan fingerprint density at radius 1 is 0.963 bits per heavy atom. The summed E-state index contributed by atoms with van der Waals surface area (Å²) in [6, 6.07) is 16.1. The number of nitrogens with zero attached hydrogens (tertiary/aromatic N) is 5. The van der Waals surface area contributed by atoms with Crippen molar-refractivity contribution in [2.45, 2.75) is 6.92 Å². The van der Waals surface area contributed by atoms with Crippen molar-refractivity contribution >= 4 is 33.6 Å². The molecular formula is C21H16N6. The van der Waals surface area contributed by atoms with Crippen LogP contribution in [0.2, 0.25) is 0 Å². The van der Waals surface area contributed by atoms with Gasteiger partial charge in [-0.05, 0) is 55.5 Å². The Morgan fingerprint density at radius 2 is 1.89 bits per heavy atom. The van der Waals surface area contributed by atoms with E-state index in [4.69, 9.17) is 0 Å². The highest BCUT2D eigenvalue weighted by molar-refractivity contribution is 5.85. The summed E-state index contributed by atoms with van der Waals surface area (Å²) in [6.45, 7) is 1.99. The Bertz CT molecular complexity index is 1260. The minimum atomic E-state index is 0.564. The van der Waals surface area contributed by atoms with E-state index in [1.54, 1.807) is 12.4 Å². The van der Waals surface area contributed by atoms with Gasteiger partial charge in [-0.3, -0.25) is 4.98 Å². The average Bonchev–Trinajstić information content (AvgIpc) is 3.13. The molecule has 6 nitrogen and oxygen atoms in total. The van der Waals surface area contributed by atoms with Gasteiger partial charge in [0.15, 0.2) is 0 Å². The fourth-order valence-corrected chi connectivity index (χ4v) is 3.22. The van der Waals surface area contributed by atoms with Gasteiger partial charge >= 0.3 is 0 Å². The summed E-state index contributed by atoms with van der Waals surface area (Å²) in [5.41, 5.74) is 4.64. The number of aromatic nitrogens is 5. The van der Waals surface area contributed by atoms with Gasteiger partial charge in [0.25, 0.3) is 0 Å². The first-order valence-electron chi connectivity index (χ1n) is 8.66. The number of rotatable bonds is 3. The molecule has 1 aromatic carbocycles. The fraction of sp³-hybridized carbons (Fsp3) is 0.0476. The summed E-state index contributed by atoms with van der Waals surface area (Å²) in [5.74, 6) is 0.564. The first kappa shape index (κ1) is 15.5. The van der Waals surface area contributed by atoms with Crippen LogP contribution < -0.4 is 5.32 Å². The predicted molar refractivity (Wildman–Crippen MR) is 106 cm³/mol. The maximum atomic E-state index is 4.64. The molecule has 6 heteroatoms. The zero-order chi connectivity index (χ0) is 18.2. The first-order valence-corrected chi connectivity index (χ1v) is 8.66. The summed E-state index contributed by atoms with van der Waals surface area (Å²) in [6.07, 6.45) is 7.33. The van der Waals surface area contributed by atoms with Crippen molar-refractivity contribution in [3.8, 4) is 5.69 Å². The van der Waals surface area contributed by atoms with E-state index in [1.165, 1.54) is 0 Å². The lowest BCUT2D eigenvalue weighted by atomic mass is 10.1. The second-order valence-electron chi connectivity index (χ2n) is 6.30. The van der Waals surface area contributed by atoms with E-state index in [1.807, 2.05) is 43.6 Å². The molecule has 5 rings (SSSR count). The van der Waals surface area contributed by atoms with E-state index >= 15 is 0 Å². The molecule has 0 radical (unpaired) electrons. The van der Waals surface area contributed by atoms with Crippen LogP contribution in [0.15, 0.2) is 73.3 Å². The lowest BCUT2D eigenvalue weighted by Crippen LogP contribution is -2.01. The maximum Gasteiger partial charge on any atom is 0.228 e. The highest BCUT2D eigenvalue weighted by Gasteiger charge is 2.09. The fourth-order valence-electron chi connectivity index (χ4n) is 3.22. The van der Waals surface area contributed by atoms with Crippen LogP contribution in [-0.4, -0.2) is 24.5 Å². The summed E-state index contributed by atoms with van der Waals surface area (Å²) < 4.78 is 2.08. The zero-order valence-electron chi connectivity index (χ0n) is 14.7. The monoisotopic (exact) mass is 352 g/mol. The highest BCUT2D eigenvalue weighted by Crippen LogP contribution is 2.24. The van der Waals surface area contributed by atoms with Crippen LogP contribution in [0, 0.1) is 6.92 Å². The lowest BCUT2D eigenvalue weighted by molar-refractivity contribution is 1.09. The average molecular weight is 352 g/mol. The van der Waals surface area contributed by atoms with Gasteiger partial charge in [-0.25, -0.2) is 15.0 Å². The minimum Gasteiger partial charge on any atom is -0.323 e. The molecule has 0 saturated carbocycles. The molecule has 0 fully saturated rings.